The maximum absolute atomic E-state index is 4.45. The number of thioether (sulfide) groups is 1. The van der Waals surface area contributed by atoms with E-state index < -0.39 is 0 Å². The predicted molar refractivity (Wildman–Crippen MR) is 104 cm³/mol. The quantitative estimate of drug-likeness (QED) is 0.417. The molecule has 2 N–H and O–H groups in total. The van der Waals surface area contributed by atoms with Crippen LogP contribution < -0.4 is 10.6 Å². The average Bonchev–Trinajstić information content (AvgIpc) is 3.05. The van der Waals surface area contributed by atoms with Gasteiger partial charge in [0.05, 0.1) is 6.54 Å². The molecule has 1 aromatic carbocycles. The number of aliphatic imine (C=N–C) groups is 1. The molecule has 2 rings (SSSR count). The van der Waals surface area contributed by atoms with Crippen molar-refractivity contribution in [1.29, 1.82) is 0 Å². The van der Waals surface area contributed by atoms with Crippen LogP contribution in [-0.2, 0) is 13.1 Å². The molecule has 0 fully saturated rings. The molecule has 0 saturated carbocycles. The highest BCUT2D eigenvalue weighted by molar-refractivity contribution is 7.98. The zero-order valence-corrected chi connectivity index (χ0v) is 15.4. The zero-order chi connectivity index (χ0) is 17.0. The lowest BCUT2D eigenvalue weighted by atomic mass is 10.2. The first-order chi connectivity index (χ1) is 11.8. The molecule has 5 nitrogen and oxygen atoms in total. The van der Waals surface area contributed by atoms with Gasteiger partial charge >= 0.3 is 0 Å². The fraction of sp³-hybridized carbons (Fsp3) is 0.444. The van der Waals surface area contributed by atoms with Crippen molar-refractivity contribution in [2.24, 2.45) is 4.99 Å². The van der Waals surface area contributed by atoms with Crippen molar-refractivity contribution in [3.63, 3.8) is 0 Å². The first-order valence-corrected chi connectivity index (χ1v) is 9.70. The third-order valence-corrected chi connectivity index (χ3v) is 4.40. The number of rotatable bonds is 9. The van der Waals surface area contributed by atoms with Gasteiger partial charge in [-0.15, -0.1) is 0 Å². The molecule has 130 valence electrons. The van der Waals surface area contributed by atoms with Crippen molar-refractivity contribution in [3.05, 3.63) is 54.1 Å². The monoisotopic (exact) mass is 345 g/mol. The van der Waals surface area contributed by atoms with Crippen LogP contribution in [0.25, 0.3) is 0 Å². The summed E-state index contributed by atoms with van der Waals surface area (Å²) >= 11 is 1.89. The van der Waals surface area contributed by atoms with E-state index in [4.69, 9.17) is 0 Å². The summed E-state index contributed by atoms with van der Waals surface area (Å²) in [5.41, 5.74) is 1.27. The summed E-state index contributed by atoms with van der Waals surface area (Å²) in [7, 11) is 1.80. The second-order valence-electron chi connectivity index (χ2n) is 5.51. The molecule has 0 aliphatic heterocycles. The lowest BCUT2D eigenvalue weighted by molar-refractivity contribution is 0.680. The van der Waals surface area contributed by atoms with Crippen LogP contribution in [0.1, 0.15) is 24.2 Å². The largest absolute Gasteiger partial charge is 0.356 e. The van der Waals surface area contributed by atoms with Crippen molar-refractivity contribution >= 4 is 17.7 Å². The number of aromatic nitrogens is 2. The Morgan fingerprint density at radius 3 is 2.79 bits per heavy atom. The molecule has 0 aliphatic carbocycles. The van der Waals surface area contributed by atoms with Crippen molar-refractivity contribution in [2.75, 3.05) is 25.6 Å². The number of imidazole rings is 1. The van der Waals surface area contributed by atoms with Crippen LogP contribution in [0.15, 0.2) is 47.7 Å². The van der Waals surface area contributed by atoms with E-state index in [-0.39, 0.29) is 0 Å². The summed E-state index contributed by atoms with van der Waals surface area (Å²) in [5, 5.41) is 6.69. The third kappa shape index (κ3) is 6.28. The van der Waals surface area contributed by atoms with Crippen LogP contribution in [-0.4, -0.2) is 41.1 Å². The summed E-state index contributed by atoms with van der Waals surface area (Å²) in [4.78, 5) is 8.73. The molecule has 0 radical (unpaired) electrons. The van der Waals surface area contributed by atoms with Crippen LogP contribution >= 0.6 is 11.8 Å². The summed E-state index contributed by atoms with van der Waals surface area (Å²) < 4.78 is 2.16. The fourth-order valence-corrected chi connectivity index (χ4v) is 2.89. The average molecular weight is 346 g/mol. The molecule has 0 unspecified atom stereocenters. The van der Waals surface area contributed by atoms with Gasteiger partial charge in [-0.2, -0.15) is 11.8 Å². The third-order valence-electron chi connectivity index (χ3n) is 3.70. The zero-order valence-electron chi connectivity index (χ0n) is 14.5. The van der Waals surface area contributed by atoms with E-state index in [2.05, 4.69) is 55.7 Å². The van der Waals surface area contributed by atoms with Gasteiger partial charge in [0.25, 0.3) is 0 Å². The molecule has 0 bridgehead atoms. The SMILES string of the molecule is CN=C(NCCCCSC)NCc1nccn1Cc1ccccc1. The van der Waals surface area contributed by atoms with Gasteiger partial charge in [0.1, 0.15) is 5.82 Å². The Morgan fingerprint density at radius 1 is 1.21 bits per heavy atom. The highest BCUT2D eigenvalue weighted by atomic mass is 32.2. The Labute approximate surface area is 149 Å². The molecule has 2 aromatic rings. The van der Waals surface area contributed by atoms with Crippen LogP contribution in [0.3, 0.4) is 0 Å². The standard InChI is InChI=1S/C18H27N5S/c1-19-18(21-10-6-7-13-24-2)22-14-17-20-11-12-23(17)15-16-8-4-3-5-9-16/h3-5,8-9,11-12H,6-7,10,13-15H2,1-2H3,(H2,19,21,22). The lowest BCUT2D eigenvalue weighted by Gasteiger charge is -2.13. The summed E-state index contributed by atoms with van der Waals surface area (Å²) in [6.07, 6.45) is 8.39. The molecule has 0 spiro atoms. The maximum atomic E-state index is 4.45. The Balaban J connectivity index is 1.80. The van der Waals surface area contributed by atoms with Gasteiger partial charge in [-0.3, -0.25) is 4.99 Å². The molecule has 1 heterocycles. The minimum atomic E-state index is 0.657. The molecule has 1 aromatic heterocycles. The number of benzene rings is 1. The number of hydrogen-bond acceptors (Lipinski definition) is 3. The van der Waals surface area contributed by atoms with Crippen molar-refractivity contribution < 1.29 is 0 Å². The molecular weight excluding hydrogens is 318 g/mol. The molecule has 0 atom stereocenters. The van der Waals surface area contributed by atoms with E-state index in [0.29, 0.717) is 6.54 Å². The Kier molecular flexibility index (Phi) is 8.24. The van der Waals surface area contributed by atoms with E-state index in [1.807, 2.05) is 30.2 Å². The van der Waals surface area contributed by atoms with Gasteiger partial charge in [0, 0.05) is 32.5 Å². The smallest absolute Gasteiger partial charge is 0.191 e. The molecule has 24 heavy (non-hydrogen) atoms. The minimum absolute atomic E-state index is 0.657. The summed E-state index contributed by atoms with van der Waals surface area (Å²) in [5.74, 6) is 3.04. The lowest BCUT2D eigenvalue weighted by Crippen LogP contribution is -2.37. The van der Waals surface area contributed by atoms with E-state index in [0.717, 1.165) is 31.3 Å². The Morgan fingerprint density at radius 2 is 2.04 bits per heavy atom. The van der Waals surface area contributed by atoms with E-state index >= 15 is 0 Å². The minimum Gasteiger partial charge on any atom is -0.356 e. The highest BCUT2D eigenvalue weighted by Crippen LogP contribution is 2.05. The second kappa shape index (κ2) is 10.8. The number of nitrogens with one attached hydrogen (secondary N) is 2. The number of hydrogen-bond donors (Lipinski definition) is 2. The molecule has 0 amide bonds. The second-order valence-corrected chi connectivity index (χ2v) is 6.50. The first-order valence-electron chi connectivity index (χ1n) is 8.31. The van der Waals surface area contributed by atoms with Gasteiger partial charge in [-0.25, -0.2) is 4.98 Å². The van der Waals surface area contributed by atoms with Crippen molar-refractivity contribution in [2.45, 2.75) is 25.9 Å². The highest BCUT2D eigenvalue weighted by Gasteiger charge is 2.05. The van der Waals surface area contributed by atoms with E-state index in [1.165, 1.54) is 17.7 Å². The van der Waals surface area contributed by atoms with E-state index in [1.54, 1.807) is 7.05 Å². The molecule has 0 saturated heterocycles. The van der Waals surface area contributed by atoms with Crippen molar-refractivity contribution in [1.82, 2.24) is 20.2 Å². The van der Waals surface area contributed by atoms with Crippen LogP contribution in [0, 0.1) is 0 Å². The fourth-order valence-electron chi connectivity index (χ4n) is 2.39. The van der Waals surface area contributed by atoms with Gasteiger partial charge < -0.3 is 15.2 Å². The van der Waals surface area contributed by atoms with Crippen LogP contribution in [0.5, 0.6) is 0 Å². The summed E-state index contributed by atoms with van der Waals surface area (Å²) in [6, 6.07) is 10.4. The Hall–Kier alpha value is -1.95. The van der Waals surface area contributed by atoms with Crippen LogP contribution in [0.2, 0.25) is 0 Å². The van der Waals surface area contributed by atoms with Gasteiger partial charge in [0.2, 0.25) is 0 Å². The van der Waals surface area contributed by atoms with Gasteiger partial charge in [-0.1, -0.05) is 30.3 Å². The number of guanidine groups is 1. The number of nitrogens with zero attached hydrogens (tertiary/aromatic N) is 3. The first kappa shape index (κ1) is 18.4. The maximum Gasteiger partial charge on any atom is 0.191 e. The molecule has 6 heteroatoms. The predicted octanol–water partition coefficient (Wildman–Crippen LogP) is 2.74. The normalized spacial score (nSPS) is 11.5. The van der Waals surface area contributed by atoms with Crippen molar-refractivity contribution in [3.8, 4) is 0 Å². The van der Waals surface area contributed by atoms with Gasteiger partial charge in [-0.05, 0) is 30.4 Å². The Bertz CT molecular complexity index is 609. The number of unbranched alkanes of at least 4 members (excludes halogenated alkanes) is 1. The molecule has 0 aliphatic rings. The molecular formula is C18H27N5S. The van der Waals surface area contributed by atoms with Gasteiger partial charge in [0.15, 0.2) is 5.96 Å². The van der Waals surface area contributed by atoms with E-state index in [9.17, 15) is 0 Å². The van der Waals surface area contributed by atoms with Crippen LogP contribution in [0.4, 0.5) is 0 Å². The topological polar surface area (TPSA) is 54.2 Å². The summed E-state index contributed by atoms with van der Waals surface area (Å²) in [6.45, 7) is 2.43.